The van der Waals surface area contributed by atoms with Gasteiger partial charge in [-0.1, -0.05) is 36.7 Å². The average molecular weight is 308 g/mol. The third-order valence-electron chi connectivity index (χ3n) is 3.32. The van der Waals surface area contributed by atoms with Crippen LogP contribution in [-0.2, 0) is 0 Å². The van der Waals surface area contributed by atoms with Crippen molar-refractivity contribution in [2.45, 2.75) is 19.4 Å². The van der Waals surface area contributed by atoms with Gasteiger partial charge in [-0.25, -0.2) is 4.39 Å². The van der Waals surface area contributed by atoms with E-state index in [1.165, 1.54) is 12.1 Å². The summed E-state index contributed by atoms with van der Waals surface area (Å²) in [4.78, 5) is 0. The molecule has 0 saturated heterocycles. The predicted molar refractivity (Wildman–Crippen MR) is 84.5 cm³/mol. The smallest absolute Gasteiger partial charge is 0.123 e. The van der Waals surface area contributed by atoms with Gasteiger partial charge in [-0.3, -0.25) is 0 Å². The van der Waals surface area contributed by atoms with E-state index in [4.69, 9.17) is 16.3 Å². The summed E-state index contributed by atoms with van der Waals surface area (Å²) in [6.07, 6.45) is 0.971. The first-order valence-electron chi connectivity index (χ1n) is 6.98. The first kappa shape index (κ1) is 15.8. The number of ether oxygens (including phenoxy) is 1. The minimum atomic E-state index is -0.299. The highest BCUT2D eigenvalue weighted by molar-refractivity contribution is 6.31. The highest BCUT2D eigenvalue weighted by Gasteiger charge is 2.20. The van der Waals surface area contributed by atoms with Crippen LogP contribution in [0.5, 0.6) is 5.75 Å². The van der Waals surface area contributed by atoms with E-state index < -0.39 is 0 Å². The molecule has 0 aliphatic rings. The highest BCUT2D eigenvalue weighted by atomic mass is 35.5. The van der Waals surface area contributed by atoms with E-state index in [1.807, 2.05) is 24.3 Å². The molecule has 2 aromatic carbocycles. The third kappa shape index (κ3) is 3.74. The Labute approximate surface area is 129 Å². The fraction of sp³-hybridized carbons (Fsp3) is 0.294. The molecule has 0 radical (unpaired) electrons. The van der Waals surface area contributed by atoms with Gasteiger partial charge < -0.3 is 10.1 Å². The summed E-state index contributed by atoms with van der Waals surface area (Å²) in [6.45, 7) is 2.88. The maximum absolute atomic E-state index is 13.6. The van der Waals surface area contributed by atoms with Crippen molar-refractivity contribution >= 4 is 11.6 Å². The molecule has 112 valence electrons. The summed E-state index contributed by atoms with van der Waals surface area (Å²) >= 11 is 6.27. The molecule has 0 spiro atoms. The zero-order chi connectivity index (χ0) is 15.2. The Hall–Kier alpha value is -1.58. The minimum Gasteiger partial charge on any atom is -0.496 e. The summed E-state index contributed by atoms with van der Waals surface area (Å²) in [6, 6.07) is 11.9. The van der Waals surface area contributed by atoms with E-state index >= 15 is 0 Å². The largest absolute Gasteiger partial charge is 0.496 e. The molecule has 1 N–H and O–H groups in total. The lowest BCUT2D eigenvalue weighted by Crippen LogP contribution is -2.24. The van der Waals surface area contributed by atoms with E-state index in [0.717, 1.165) is 29.8 Å². The van der Waals surface area contributed by atoms with Crippen LogP contribution in [0.1, 0.15) is 30.5 Å². The summed E-state index contributed by atoms with van der Waals surface area (Å²) in [7, 11) is 1.63. The third-order valence-corrected chi connectivity index (χ3v) is 3.66. The predicted octanol–water partition coefficient (Wildman–Crippen LogP) is 4.58. The summed E-state index contributed by atoms with van der Waals surface area (Å²) < 4.78 is 19.0. The molecule has 0 amide bonds. The lowest BCUT2D eigenvalue weighted by molar-refractivity contribution is 0.403. The second-order valence-electron chi connectivity index (χ2n) is 4.79. The van der Waals surface area contributed by atoms with Crippen LogP contribution in [0.4, 0.5) is 4.39 Å². The number of halogens is 2. The summed E-state index contributed by atoms with van der Waals surface area (Å²) in [5.74, 6) is 0.457. The number of benzene rings is 2. The normalized spacial score (nSPS) is 12.2. The van der Waals surface area contributed by atoms with Crippen molar-refractivity contribution in [3.05, 3.63) is 64.4 Å². The Morgan fingerprint density at radius 3 is 2.67 bits per heavy atom. The quantitative estimate of drug-likeness (QED) is 0.843. The number of rotatable bonds is 6. The van der Waals surface area contributed by atoms with Gasteiger partial charge in [0, 0.05) is 10.6 Å². The fourth-order valence-corrected chi connectivity index (χ4v) is 2.54. The number of hydrogen-bond acceptors (Lipinski definition) is 2. The fourth-order valence-electron chi connectivity index (χ4n) is 2.32. The van der Waals surface area contributed by atoms with Crippen LogP contribution < -0.4 is 10.1 Å². The van der Waals surface area contributed by atoms with Gasteiger partial charge in [-0.05, 0) is 42.8 Å². The molecule has 0 aliphatic heterocycles. The van der Waals surface area contributed by atoms with E-state index in [-0.39, 0.29) is 11.9 Å². The zero-order valence-electron chi connectivity index (χ0n) is 12.2. The van der Waals surface area contributed by atoms with Gasteiger partial charge in [0.1, 0.15) is 11.6 Å². The molecular weight excluding hydrogens is 289 g/mol. The maximum Gasteiger partial charge on any atom is 0.123 e. The Bertz CT molecular complexity index is 603. The SMILES string of the molecule is CCCNC(c1cc(F)ccc1Cl)c1ccccc1OC. The number of hydrogen-bond donors (Lipinski definition) is 1. The average Bonchev–Trinajstić information content (AvgIpc) is 2.51. The molecule has 0 bridgehead atoms. The van der Waals surface area contributed by atoms with Crippen LogP contribution in [0, 0.1) is 5.82 Å². The highest BCUT2D eigenvalue weighted by Crippen LogP contribution is 2.33. The van der Waals surface area contributed by atoms with Crippen molar-refractivity contribution in [3.8, 4) is 5.75 Å². The van der Waals surface area contributed by atoms with Gasteiger partial charge in [0.25, 0.3) is 0 Å². The molecule has 2 aromatic rings. The molecule has 4 heteroatoms. The van der Waals surface area contributed by atoms with Gasteiger partial charge in [0.15, 0.2) is 0 Å². The van der Waals surface area contributed by atoms with E-state index in [9.17, 15) is 4.39 Å². The molecule has 0 fully saturated rings. The Balaban J connectivity index is 2.49. The second-order valence-corrected chi connectivity index (χ2v) is 5.20. The molecule has 2 rings (SSSR count). The molecule has 0 aromatic heterocycles. The van der Waals surface area contributed by atoms with E-state index in [2.05, 4.69) is 12.2 Å². The Morgan fingerprint density at radius 2 is 1.95 bits per heavy atom. The van der Waals surface area contributed by atoms with Gasteiger partial charge in [-0.2, -0.15) is 0 Å². The first-order valence-corrected chi connectivity index (χ1v) is 7.36. The van der Waals surface area contributed by atoms with E-state index in [1.54, 1.807) is 13.2 Å². The summed E-state index contributed by atoms with van der Waals surface area (Å²) in [5, 5.41) is 3.95. The molecule has 1 atom stereocenters. The zero-order valence-corrected chi connectivity index (χ0v) is 13.0. The number of para-hydroxylation sites is 1. The Morgan fingerprint density at radius 1 is 1.19 bits per heavy atom. The summed E-state index contributed by atoms with van der Waals surface area (Å²) in [5.41, 5.74) is 1.66. The van der Waals surface area contributed by atoms with Crippen LogP contribution in [-0.4, -0.2) is 13.7 Å². The van der Waals surface area contributed by atoms with Crippen LogP contribution in [0.2, 0.25) is 5.02 Å². The van der Waals surface area contributed by atoms with Crippen LogP contribution >= 0.6 is 11.6 Å². The van der Waals surface area contributed by atoms with Crippen molar-refractivity contribution in [1.82, 2.24) is 5.32 Å². The van der Waals surface area contributed by atoms with Crippen molar-refractivity contribution < 1.29 is 9.13 Å². The lowest BCUT2D eigenvalue weighted by atomic mass is 9.97. The van der Waals surface area contributed by atoms with Gasteiger partial charge in [-0.15, -0.1) is 0 Å². The topological polar surface area (TPSA) is 21.3 Å². The molecule has 1 unspecified atom stereocenters. The van der Waals surface area contributed by atoms with Crippen molar-refractivity contribution in [2.24, 2.45) is 0 Å². The first-order chi connectivity index (χ1) is 10.2. The molecule has 0 heterocycles. The van der Waals surface area contributed by atoms with Crippen LogP contribution in [0.25, 0.3) is 0 Å². The minimum absolute atomic E-state index is 0.204. The van der Waals surface area contributed by atoms with Gasteiger partial charge in [0.05, 0.1) is 13.2 Å². The monoisotopic (exact) mass is 307 g/mol. The molecular formula is C17H19ClFNO. The second kappa shape index (κ2) is 7.43. The molecule has 21 heavy (non-hydrogen) atoms. The molecule has 2 nitrogen and oxygen atoms in total. The lowest BCUT2D eigenvalue weighted by Gasteiger charge is -2.22. The maximum atomic E-state index is 13.6. The van der Waals surface area contributed by atoms with E-state index in [0.29, 0.717) is 5.02 Å². The van der Waals surface area contributed by atoms with Crippen molar-refractivity contribution in [1.29, 1.82) is 0 Å². The Kier molecular flexibility index (Phi) is 5.59. The number of methoxy groups -OCH3 is 1. The molecule has 0 saturated carbocycles. The van der Waals surface area contributed by atoms with Crippen molar-refractivity contribution in [2.75, 3.05) is 13.7 Å². The molecule has 0 aliphatic carbocycles. The van der Waals surface area contributed by atoms with Gasteiger partial charge >= 0.3 is 0 Å². The van der Waals surface area contributed by atoms with Crippen LogP contribution in [0.3, 0.4) is 0 Å². The standard InChI is InChI=1S/C17H19ClFNO/c1-3-10-20-17(13-6-4-5-7-16(13)21-2)14-11-12(19)8-9-15(14)18/h4-9,11,17,20H,3,10H2,1-2H3. The van der Waals surface area contributed by atoms with Gasteiger partial charge in [0.2, 0.25) is 0 Å². The van der Waals surface area contributed by atoms with Crippen molar-refractivity contribution in [3.63, 3.8) is 0 Å². The number of nitrogens with one attached hydrogen (secondary N) is 1. The van der Waals surface area contributed by atoms with Crippen LogP contribution in [0.15, 0.2) is 42.5 Å².